The Labute approximate surface area is 217 Å². The Morgan fingerprint density at radius 2 is 2.00 bits per heavy atom. The average molecular weight is 537 g/mol. The Hall–Kier alpha value is -4.37. The van der Waals surface area contributed by atoms with Crippen molar-refractivity contribution in [1.29, 1.82) is 5.26 Å². The molecule has 8 nitrogen and oxygen atoms in total. The first-order valence-corrected chi connectivity index (χ1v) is 12.6. The summed E-state index contributed by atoms with van der Waals surface area (Å²) in [5.41, 5.74) is 6.92. The van der Waals surface area contributed by atoms with Crippen molar-refractivity contribution in [2.24, 2.45) is 0 Å². The van der Waals surface area contributed by atoms with Gasteiger partial charge in [-0.05, 0) is 24.1 Å². The van der Waals surface area contributed by atoms with E-state index in [1.54, 1.807) is 9.58 Å². The van der Waals surface area contributed by atoms with Crippen LogP contribution in [0.25, 0.3) is 32.1 Å². The lowest BCUT2D eigenvalue weighted by Gasteiger charge is -2.42. The Morgan fingerprint density at radius 1 is 1.21 bits per heavy atom. The zero-order valence-corrected chi connectivity index (χ0v) is 20.6. The van der Waals surface area contributed by atoms with Crippen molar-refractivity contribution in [3.8, 4) is 17.2 Å². The van der Waals surface area contributed by atoms with Crippen molar-refractivity contribution < 1.29 is 22.8 Å². The molecule has 2 aliphatic rings. The van der Waals surface area contributed by atoms with Crippen LogP contribution in [0.2, 0.25) is 0 Å². The van der Waals surface area contributed by atoms with Crippen LogP contribution >= 0.6 is 11.3 Å². The van der Waals surface area contributed by atoms with Crippen LogP contribution in [0.1, 0.15) is 22.3 Å². The van der Waals surface area contributed by atoms with Crippen LogP contribution in [-0.2, 0) is 11.3 Å². The average Bonchev–Trinajstić information content (AvgIpc) is 3.47. The molecule has 6 rings (SSSR count). The third kappa shape index (κ3) is 3.39. The molecular weight excluding hydrogens is 517 g/mol. The van der Waals surface area contributed by atoms with Crippen LogP contribution in [0.15, 0.2) is 36.8 Å². The summed E-state index contributed by atoms with van der Waals surface area (Å²) in [4.78, 5) is 28.7. The minimum absolute atomic E-state index is 0.0620. The van der Waals surface area contributed by atoms with Gasteiger partial charge in [0.1, 0.15) is 22.7 Å². The lowest BCUT2D eigenvalue weighted by Crippen LogP contribution is -2.57. The molecule has 4 aromatic rings. The van der Waals surface area contributed by atoms with Crippen molar-refractivity contribution >= 4 is 49.1 Å². The summed E-state index contributed by atoms with van der Waals surface area (Å²) in [6.45, 7) is 3.82. The SMILES string of the molecule is C=C(F)C(=O)N1CCN2C(=O)c3cc(F)c(-c4ccc(F)c5sc(N)c(C#N)c45)c4cnn(c34)CC[C@@H]2C1. The molecule has 4 heterocycles. The van der Waals surface area contributed by atoms with E-state index in [2.05, 4.69) is 11.7 Å². The number of aryl methyl sites for hydroxylation is 1. The number of hydrogen-bond donors (Lipinski definition) is 1. The van der Waals surface area contributed by atoms with Gasteiger partial charge in [0.25, 0.3) is 11.8 Å². The fourth-order valence-corrected chi connectivity index (χ4v) is 6.46. The maximum Gasteiger partial charge on any atom is 0.282 e. The maximum atomic E-state index is 15.9. The van der Waals surface area contributed by atoms with E-state index in [1.807, 2.05) is 6.07 Å². The summed E-state index contributed by atoms with van der Waals surface area (Å²) in [5.74, 6) is -3.61. The zero-order chi connectivity index (χ0) is 26.9. The molecule has 0 aliphatic carbocycles. The largest absolute Gasteiger partial charge is 0.389 e. The van der Waals surface area contributed by atoms with Gasteiger partial charge >= 0.3 is 0 Å². The number of halogens is 3. The number of carbonyl (C=O) groups excluding carboxylic acids is 2. The highest BCUT2D eigenvalue weighted by molar-refractivity contribution is 7.23. The highest BCUT2D eigenvalue weighted by atomic mass is 32.1. The molecule has 2 aromatic heterocycles. The number of carbonyl (C=O) groups is 2. The number of thiophene rings is 1. The minimum Gasteiger partial charge on any atom is -0.389 e. The second-order valence-corrected chi connectivity index (χ2v) is 10.3. The fourth-order valence-electron chi connectivity index (χ4n) is 5.52. The van der Waals surface area contributed by atoms with Gasteiger partial charge in [0, 0.05) is 42.5 Å². The number of nitrogens with two attached hydrogens (primary N) is 1. The van der Waals surface area contributed by atoms with Gasteiger partial charge in [-0.25, -0.2) is 13.2 Å². The molecule has 0 unspecified atom stereocenters. The number of amides is 2. The topological polar surface area (TPSA) is 108 Å². The van der Waals surface area contributed by atoms with E-state index in [0.717, 1.165) is 17.4 Å². The van der Waals surface area contributed by atoms with Crippen LogP contribution < -0.4 is 5.73 Å². The number of nitrogen functional groups attached to an aromatic ring is 1. The van der Waals surface area contributed by atoms with Gasteiger partial charge in [-0.15, -0.1) is 11.3 Å². The standard InChI is InChI=1S/C26H19F3N6O2S/c1-12(27)25(36)33-6-7-34-13(11-33)4-5-35-22-15(26(34)37)8-19(29)20(17(22)10-32-35)14-2-3-18(28)23-21(14)16(9-30)24(31)38-23/h2-3,8,10,13H,1,4-7,11,31H2/t13-/m1/s1. The summed E-state index contributed by atoms with van der Waals surface area (Å²) in [6, 6.07) is 5.31. The Bertz CT molecular complexity index is 1750. The summed E-state index contributed by atoms with van der Waals surface area (Å²) >= 11 is 0.916. The molecule has 2 N–H and O–H groups in total. The lowest BCUT2D eigenvalue weighted by molar-refractivity contribution is -0.131. The van der Waals surface area contributed by atoms with Crippen LogP contribution in [0.3, 0.4) is 0 Å². The van der Waals surface area contributed by atoms with Crippen molar-refractivity contribution in [1.82, 2.24) is 19.6 Å². The van der Waals surface area contributed by atoms with Crippen molar-refractivity contribution in [3.63, 3.8) is 0 Å². The quantitative estimate of drug-likeness (QED) is 0.387. The van der Waals surface area contributed by atoms with E-state index in [1.165, 1.54) is 23.2 Å². The second kappa shape index (κ2) is 8.59. The van der Waals surface area contributed by atoms with Crippen LogP contribution in [-0.4, -0.2) is 57.1 Å². The molecule has 1 saturated heterocycles. The summed E-state index contributed by atoms with van der Waals surface area (Å²) in [6.07, 6.45) is 1.88. The molecule has 1 fully saturated rings. The molecule has 2 amide bonds. The number of aromatic nitrogens is 2. The van der Waals surface area contributed by atoms with Gasteiger partial charge in [-0.2, -0.15) is 10.4 Å². The number of fused-ring (bicyclic) bond motifs is 2. The van der Waals surface area contributed by atoms with Gasteiger partial charge in [-0.1, -0.05) is 12.6 Å². The first-order valence-electron chi connectivity index (χ1n) is 11.7. The van der Waals surface area contributed by atoms with Gasteiger partial charge in [0.15, 0.2) is 5.83 Å². The van der Waals surface area contributed by atoms with Gasteiger partial charge in [-0.3, -0.25) is 14.3 Å². The van der Waals surface area contributed by atoms with Crippen LogP contribution in [0.4, 0.5) is 18.2 Å². The van der Waals surface area contributed by atoms with Gasteiger partial charge in [0.2, 0.25) is 0 Å². The van der Waals surface area contributed by atoms with Gasteiger partial charge < -0.3 is 15.5 Å². The molecule has 0 spiro atoms. The predicted octanol–water partition coefficient (Wildman–Crippen LogP) is 4.19. The summed E-state index contributed by atoms with van der Waals surface area (Å²) in [5, 5.41) is 14.8. The number of benzene rings is 2. The number of piperazine rings is 1. The lowest BCUT2D eigenvalue weighted by atomic mass is 9.93. The van der Waals surface area contributed by atoms with Gasteiger partial charge in [0.05, 0.1) is 33.6 Å². The molecule has 2 aliphatic heterocycles. The van der Waals surface area contributed by atoms with E-state index in [9.17, 15) is 23.6 Å². The number of nitrogens with zero attached hydrogens (tertiary/aromatic N) is 5. The molecule has 0 saturated carbocycles. The van der Waals surface area contributed by atoms with Crippen molar-refractivity contribution in [3.05, 3.63) is 59.6 Å². The number of nitriles is 1. The first-order chi connectivity index (χ1) is 18.2. The van der Waals surface area contributed by atoms with E-state index < -0.39 is 35.3 Å². The Morgan fingerprint density at radius 3 is 2.74 bits per heavy atom. The summed E-state index contributed by atoms with van der Waals surface area (Å²) in [7, 11) is 0. The third-order valence-corrected chi connectivity index (χ3v) is 8.27. The highest BCUT2D eigenvalue weighted by Crippen LogP contribution is 2.44. The molecule has 0 radical (unpaired) electrons. The molecule has 38 heavy (non-hydrogen) atoms. The van der Waals surface area contributed by atoms with Crippen molar-refractivity contribution in [2.45, 2.75) is 19.0 Å². The third-order valence-electron chi connectivity index (χ3n) is 7.24. The fraction of sp³-hybridized carbons (Fsp3) is 0.231. The molecular formula is C26H19F3N6O2S. The number of anilines is 1. The Balaban J connectivity index is 1.51. The normalized spacial score (nSPS) is 17.3. The molecule has 2 aromatic carbocycles. The second-order valence-electron chi connectivity index (χ2n) is 9.26. The first kappa shape index (κ1) is 24.0. The molecule has 192 valence electrons. The highest BCUT2D eigenvalue weighted by Gasteiger charge is 2.37. The monoisotopic (exact) mass is 536 g/mol. The zero-order valence-electron chi connectivity index (χ0n) is 19.8. The minimum atomic E-state index is -1.06. The van der Waals surface area contributed by atoms with Crippen LogP contribution in [0.5, 0.6) is 0 Å². The number of hydrogen-bond acceptors (Lipinski definition) is 6. The molecule has 12 heteroatoms. The summed E-state index contributed by atoms with van der Waals surface area (Å²) < 4.78 is 45.8. The van der Waals surface area contributed by atoms with E-state index in [0.29, 0.717) is 23.9 Å². The number of rotatable bonds is 2. The molecule has 0 bridgehead atoms. The smallest absolute Gasteiger partial charge is 0.282 e. The van der Waals surface area contributed by atoms with Crippen LogP contribution in [0, 0.1) is 23.0 Å². The molecule has 1 atom stereocenters. The van der Waals surface area contributed by atoms with E-state index in [4.69, 9.17) is 5.73 Å². The van der Waals surface area contributed by atoms with E-state index >= 15 is 4.39 Å². The van der Waals surface area contributed by atoms with Crippen molar-refractivity contribution in [2.75, 3.05) is 25.4 Å². The van der Waals surface area contributed by atoms with E-state index in [-0.39, 0.29) is 57.0 Å². The Kier molecular flexibility index (Phi) is 5.43. The maximum absolute atomic E-state index is 15.9. The predicted molar refractivity (Wildman–Crippen MR) is 136 cm³/mol.